The van der Waals surface area contributed by atoms with Crippen LogP contribution in [-0.2, 0) is 22.4 Å². The molecule has 0 amide bonds. The van der Waals surface area contributed by atoms with E-state index in [-0.39, 0.29) is 11.8 Å². The van der Waals surface area contributed by atoms with Gasteiger partial charge in [-0.25, -0.2) is 8.97 Å². The highest BCUT2D eigenvalue weighted by atomic mass is 35.5. The lowest BCUT2D eigenvalue weighted by molar-refractivity contribution is -0.120. The van der Waals surface area contributed by atoms with Crippen molar-refractivity contribution in [1.82, 2.24) is 24.1 Å². The third-order valence-electron chi connectivity index (χ3n) is 5.79. The zero-order chi connectivity index (χ0) is 23.8. The number of hydrogen-bond acceptors (Lipinski definition) is 8. The molecule has 0 saturated carbocycles. The molecule has 1 aliphatic rings. The fourth-order valence-corrected chi connectivity index (χ4v) is 6.82. The van der Waals surface area contributed by atoms with E-state index >= 15 is 0 Å². The zero-order valence-electron chi connectivity index (χ0n) is 19.3. The molecule has 34 heavy (non-hydrogen) atoms. The number of thioether (sulfide) groups is 1. The summed E-state index contributed by atoms with van der Waals surface area (Å²) in [4.78, 5) is 18.3. The highest BCUT2D eigenvalue weighted by Gasteiger charge is 2.27. The number of nitrogens with zero attached hydrogens (tertiary/aromatic N) is 5. The van der Waals surface area contributed by atoms with Crippen molar-refractivity contribution < 1.29 is 9.47 Å². The van der Waals surface area contributed by atoms with Crippen LogP contribution in [0.2, 0.25) is 5.02 Å². The van der Waals surface area contributed by atoms with Crippen LogP contribution in [0.15, 0.2) is 34.2 Å². The van der Waals surface area contributed by atoms with Crippen LogP contribution in [0.25, 0.3) is 21.7 Å². The molecule has 0 saturated heterocycles. The molecule has 11 heteroatoms. The van der Waals surface area contributed by atoms with Gasteiger partial charge in [0.2, 0.25) is 5.78 Å². The minimum atomic E-state index is -0.341. The Balaban J connectivity index is 1.72. The second-order valence-corrected chi connectivity index (χ2v) is 10.6. The van der Waals surface area contributed by atoms with E-state index in [0.29, 0.717) is 40.6 Å². The molecule has 3 aromatic heterocycles. The predicted octanol–water partition coefficient (Wildman–Crippen LogP) is 4.23. The number of likely N-dealkylation sites (N-methyl/N-ethyl adjacent to an activating group) is 1. The molecule has 0 atom stereocenters. The van der Waals surface area contributed by atoms with Crippen LogP contribution in [0, 0.1) is 0 Å². The summed E-state index contributed by atoms with van der Waals surface area (Å²) in [6.45, 7) is 6.77. The second-order valence-electron chi connectivity index (χ2n) is 8.06. The van der Waals surface area contributed by atoms with Crippen LogP contribution in [0.1, 0.15) is 24.3 Å². The molecule has 4 aromatic rings. The minimum absolute atomic E-state index is 0.0859. The molecule has 0 spiro atoms. The smallest absolute Gasteiger partial charge is 0.268 e. The molecular formula is C23H26ClN5O3S2. The fraction of sp³-hybridized carbons (Fsp3) is 0.435. The van der Waals surface area contributed by atoms with Gasteiger partial charge in [-0.1, -0.05) is 29.4 Å². The molecule has 0 fully saturated rings. The van der Waals surface area contributed by atoms with E-state index in [2.05, 4.69) is 22.1 Å². The zero-order valence-corrected chi connectivity index (χ0v) is 21.7. The van der Waals surface area contributed by atoms with E-state index in [4.69, 9.17) is 21.1 Å². The fourth-order valence-electron chi connectivity index (χ4n) is 4.28. The van der Waals surface area contributed by atoms with Crippen molar-refractivity contribution in [2.75, 3.05) is 32.6 Å². The van der Waals surface area contributed by atoms with Gasteiger partial charge in [-0.15, -0.1) is 21.5 Å². The lowest BCUT2D eigenvalue weighted by Gasteiger charge is -2.21. The maximum absolute atomic E-state index is 13.9. The second kappa shape index (κ2) is 9.96. The SMILES string of the molecule is CCOC(CSc1nnc2n(-c3cccc(Cl)c3)c(=O)c3c4c(sc3n12)CN(C)CC4)OCC. The summed E-state index contributed by atoms with van der Waals surface area (Å²) < 4.78 is 15.0. The third-order valence-corrected chi connectivity index (χ3v) is 8.18. The van der Waals surface area contributed by atoms with Gasteiger partial charge in [0.1, 0.15) is 4.83 Å². The molecule has 180 valence electrons. The first-order valence-electron chi connectivity index (χ1n) is 11.3. The van der Waals surface area contributed by atoms with E-state index in [0.717, 1.165) is 35.3 Å². The van der Waals surface area contributed by atoms with Gasteiger partial charge in [-0.05, 0) is 51.1 Å². The first-order valence-corrected chi connectivity index (χ1v) is 13.4. The topological polar surface area (TPSA) is 73.9 Å². The summed E-state index contributed by atoms with van der Waals surface area (Å²) >= 11 is 9.45. The average Bonchev–Trinajstić information content (AvgIpc) is 3.39. The number of thiophene rings is 1. The lowest BCUT2D eigenvalue weighted by Crippen LogP contribution is -2.27. The quantitative estimate of drug-likeness (QED) is 0.255. The van der Waals surface area contributed by atoms with E-state index < -0.39 is 0 Å². The van der Waals surface area contributed by atoms with Gasteiger partial charge in [-0.2, -0.15) is 0 Å². The summed E-state index contributed by atoms with van der Waals surface area (Å²) in [5.41, 5.74) is 1.71. The summed E-state index contributed by atoms with van der Waals surface area (Å²) in [6, 6.07) is 7.28. The van der Waals surface area contributed by atoms with Gasteiger partial charge in [0.25, 0.3) is 5.56 Å². The standard InChI is InChI=1S/C23H26ClN5O3S2/c1-4-31-18(32-5-2)13-33-23-26-25-22-28(15-8-6-7-14(24)11-15)20(30)19-16-9-10-27(3)12-17(16)34-21(19)29(22)23/h6-8,11,18H,4-5,9-10,12-13H2,1-3H3. The summed E-state index contributed by atoms with van der Waals surface area (Å²) in [7, 11) is 2.11. The van der Waals surface area contributed by atoms with Crippen molar-refractivity contribution in [2.24, 2.45) is 0 Å². The first kappa shape index (κ1) is 23.8. The van der Waals surface area contributed by atoms with Crippen LogP contribution in [-0.4, -0.2) is 62.9 Å². The van der Waals surface area contributed by atoms with Gasteiger partial charge < -0.3 is 14.4 Å². The number of rotatable bonds is 8. The minimum Gasteiger partial charge on any atom is -0.352 e. The van der Waals surface area contributed by atoms with Gasteiger partial charge >= 0.3 is 0 Å². The molecule has 5 rings (SSSR count). The van der Waals surface area contributed by atoms with Crippen LogP contribution < -0.4 is 5.56 Å². The van der Waals surface area contributed by atoms with Crippen molar-refractivity contribution in [3.63, 3.8) is 0 Å². The Morgan fingerprint density at radius 3 is 2.76 bits per heavy atom. The van der Waals surface area contributed by atoms with Crippen LogP contribution in [0.5, 0.6) is 0 Å². The number of halogens is 1. The summed E-state index contributed by atoms with van der Waals surface area (Å²) in [6.07, 6.45) is 0.496. The van der Waals surface area contributed by atoms with Crippen LogP contribution >= 0.6 is 34.7 Å². The molecule has 0 unspecified atom stereocenters. The van der Waals surface area contributed by atoms with E-state index in [1.165, 1.54) is 16.6 Å². The monoisotopic (exact) mass is 519 g/mol. The van der Waals surface area contributed by atoms with E-state index in [9.17, 15) is 4.79 Å². The van der Waals surface area contributed by atoms with Crippen molar-refractivity contribution in [2.45, 2.75) is 38.3 Å². The van der Waals surface area contributed by atoms with Crippen LogP contribution in [0.3, 0.4) is 0 Å². The Kier molecular flexibility index (Phi) is 6.97. The largest absolute Gasteiger partial charge is 0.352 e. The Morgan fingerprint density at radius 2 is 2.03 bits per heavy atom. The first-order chi connectivity index (χ1) is 16.5. The Bertz CT molecular complexity index is 1390. The molecule has 4 heterocycles. The van der Waals surface area contributed by atoms with Gasteiger partial charge in [0.05, 0.1) is 16.8 Å². The number of benzene rings is 1. The van der Waals surface area contributed by atoms with Gasteiger partial charge in [-0.3, -0.25) is 4.79 Å². The molecule has 8 nitrogen and oxygen atoms in total. The van der Waals surface area contributed by atoms with Gasteiger partial charge in [0.15, 0.2) is 11.4 Å². The number of fused-ring (bicyclic) bond motifs is 5. The predicted molar refractivity (Wildman–Crippen MR) is 137 cm³/mol. The van der Waals surface area contributed by atoms with E-state index in [1.54, 1.807) is 28.0 Å². The molecule has 0 aliphatic carbocycles. The summed E-state index contributed by atoms with van der Waals surface area (Å²) in [5, 5.41) is 10.9. The Labute approximate surface area is 210 Å². The third kappa shape index (κ3) is 4.27. The van der Waals surface area contributed by atoms with Crippen molar-refractivity contribution in [1.29, 1.82) is 0 Å². The number of hydrogen-bond donors (Lipinski definition) is 0. The Morgan fingerprint density at radius 1 is 1.24 bits per heavy atom. The molecular weight excluding hydrogens is 494 g/mol. The molecule has 0 bridgehead atoms. The summed E-state index contributed by atoms with van der Waals surface area (Å²) in [5.74, 6) is 1.03. The molecule has 1 aromatic carbocycles. The molecule has 1 aliphatic heterocycles. The number of aromatic nitrogens is 4. The average molecular weight is 520 g/mol. The van der Waals surface area contributed by atoms with Crippen molar-refractivity contribution >= 4 is 50.7 Å². The van der Waals surface area contributed by atoms with E-state index in [1.807, 2.05) is 30.4 Å². The highest BCUT2D eigenvalue weighted by molar-refractivity contribution is 7.99. The highest BCUT2D eigenvalue weighted by Crippen LogP contribution is 2.35. The molecule has 0 N–H and O–H groups in total. The number of ether oxygens (including phenoxy) is 2. The van der Waals surface area contributed by atoms with Crippen molar-refractivity contribution in [3.8, 4) is 5.69 Å². The molecule has 0 radical (unpaired) electrons. The lowest BCUT2D eigenvalue weighted by atomic mass is 10.1. The van der Waals surface area contributed by atoms with Crippen molar-refractivity contribution in [3.05, 3.63) is 50.1 Å². The maximum atomic E-state index is 13.9. The maximum Gasteiger partial charge on any atom is 0.268 e. The normalized spacial score (nSPS) is 14.5. The van der Waals surface area contributed by atoms with Crippen LogP contribution in [0.4, 0.5) is 0 Å². The Hall–Kier alpha value is -1.95. The van der Waals surface area contributed by atoms with Gasteiger partial charge in [0, 0.05) is 36.2 Å².